The van der Waals surface area contributed by atoms with Crippen molar-refractivity contribution in [3.05, 3.63) is 71.1 Å². The summed E-state index contributed by atoms with van der Waals surface area (Å²) in [5, 5.41) is 20.2. The van der Waals surface area contributed by atoms with Crippen LogP contribution in [-0.2, 0) is 10.3 Å². The number of nitrogens with one attached hydrogen (secondary N) is 2. The lowest BCUT2D eigenvalue weighted by Crippen LogP contribution is -2.51. The second-order valence-corrected chi connectivity index (χ2v) is 7.26. The summed E-state index contributed by atoms with van der Waals surface area (Å²) >= 11 is 0. The number of aliphatic hydroxyl groups excluding tert-OH is 1. The van der Waals surface area contributed by atoms with Crippen LogP contribution in [0.15, 0.2) is 53.1 Å². The van der Waals surface area contributed by atoms with Gasteiger partial charge in [-0.3, -0.25) is 10.1 Å². The zero-order chi connectivity index (χ0) is 19.9. The summed E-state index contributed by atoms with van der Waals surface area (Å²) in [5.74, 6) is 0.572. The average molecular weight is 377 g/mol. The first kappa shape index (κ1) is 18.4. The number of aliphatic hydroxyl groups is 1. The minimum atomic E-state index is -1.08. The SMILES string of the molecule is Cc1noc(C)c1-c1ccc2c(c1)C(NC[C@@H](C)O)(c1ccccc1)C(=O)N2. The number of benzene rings is 2. The zero-order valence-electron chi connectivity index (χ0n) is 16.1. The van der Waals surface area contributed by atoms with Crippen molar-refractivity contribution in [2.24, 2.45) is 0 Å². The molecule has 3 N–H and O–H groups in total. The van der Waals surface area contributed by atoms with Crippen molar-refractivity contribution in [1.82, 2.24) is 10.5 Å². The summed E-state index contributed by atoms with van der Waals surface area (Å²) in [6.45, 7) is 5.75. The van der Waals surface area contributed by atoms with Gasteiger partial charge in [0, 0.05) is 23.4 Å². The predicted octanol–water partition coefficient (Wildman–Crippen LogP) is 3.12. The molecular formula is C22H23N3O3. The van der Waals surface area contributed by atoms with Gasteiger partial charge in [-0.2, -0.15) is 0 Å². The molecule has 0 saturated heterocycles. The summed E-state index contributed by atoms with van der Waals surface area (Å²) in [6.07, 6.45) is -0.594. The van der Waals surface area contributed by atoms with Crippen LogP contribution in [0.2, 0.25) is 0 Å². The molecule has 6 nitrogen and oxygen atoms in total. The Hall–Kier alpha value is -2.96. The molecule has 1 unspecified atom stereocenters. The van der Waals surface area contributed by atoms with Gasteiger partial charge in [-0.25, -0.2) is 0 Å². The summed E-state index contributed by atoms with van der Waals surface area (Å²) in [7, 11) is 0. The van der Waals surface area contributed by atoms with Crippen LogP contribution < -0.4 is 10.6 Å². The van der Waals surface area contributed by atoms with Crippen molar-refractivity contribution in [3.63, 3.8) is 0 Å². The molecule has 2 aromatic carbocycles. The fourth-order valence-corrected chi connectivity index (χ4v) is 3.91. The van der Waals surface area contributed by atoms with Crippen molar-refractivity contribution in [1.29, 1.82) is 0 Å². The van der Waals surface area contributed by atoms with Gasteiger partial charge < -0.3 is 14.9 Å². The average Bonchev–Trinajstić information content (AvgIpc) is 3.16. The maximum atomic E-state index is 13.2. The molecular weight excluding hydrogens is 354 g/mol. The fourth-order valence-electron chi connectivity index (χ4n) is 3.91. The smallest absolute Gasteiger partial charge is 0.254 e. The van der Waals surface area contributed by atoms with Crippen LogP contribution in [0.5, 0.6) is 0 Å². The Morgan fingerprint density at radius 1 is 1.21 bits per heavy atom. The van der Waals surface area contributed by atoms with Gasteiger partial charge in [0.05, 0.1) is 11.8 Å². The van der Waals surface area contributed by atoms with E-state index in [9.17, 15) is 9.90 Å². The topological polar surface area (TPSA) is 87.4 Å². The van der Waals surface area contributed by atoms with Crippen LogP contribution in [0, 0.1) is 13.8 Å². The molecule has 0 saturated carbocycles. The number of hydrogen-bond donors (Lipinski definition) is 3. The molecule has 0 aliphatic carbocycles. The van der Waals surface area contributed by atoms with Gasteiger partial charge in [-0.15, -0.1) is 0 Å². The molecule has 0 bridgehead atoms. The normalized spacial score (nSPS) is 19.4. The van der Waals surface area contributed by atoms with Crippen LogP contribution >= 0.6 is 0 Å². The van der Waals surface area contributed by atoms with E-state index in [2.05, 4.69) is 15.8 Å². The number of carbonyl (C=O) groups excluding carboxylic acids is 1. The van der Waals surface area contributed by atoms with E-state index in [0.717, 1.165) is 39.4 Å². The van der Waals surface area contributed by atoms with Crippen molar-refractivity contribution in [2.75, 3.05) is 11.9 Å². The monoisotopic (exact) mass is 377 g/mol. The van der Waals surface area contributed by atoms with Crippen molar-refractivity contribution < 1.29 is 14.4 Å². The van der Waals surface area contributed by atoms with Gasteiger partial charge in [0.2, 0.25) is 0 Å². The van der Waals surface area contributed by atoms with Crippen LogP contribution in [-0.4, -0.2) is 28.8 Å². The van der Waals surface area contributed by atoms with Gasteiger partial charge in [-0.05, 0) is 44.0 Å². The Labute approximate surface area is 163 Å². The lowest BCUT2D eigenvalue weighted by molar-refractivity contribution is -0.120. The number of hydrogen-bond acceptors (Lipinski definition) is 5. The summed E-state index contributed by atoms with van der Waals surface area (Å²) < 4.78 is 5.32. The Morgan fingerprint density at radius 2 is 1.96 bits per heavy atom. The lowest BCUT2D eigenvalue weighted by atomic mass is 9.82. The molecule has 1 amide bonds. The molecule has 2 atom stereocenters. The highest BCUT2D eigenvalue weighted by Gasteiger charge is 2.48. The fraction of sp³-hybridized carbons (Fsp3) is 0.273. The number of anilines is 1. The molecule has 28 heavy (non-hydrogen) atoms. The molecule has 6 heteroatoms. The molecule has 1 aromatic heterocycles. The van der Waals surface area contributed by atoms with Crippen molar-refractivity contribution in [3.8, 4) is 11.1 Å². The summed E-state index contributed by atoms with van der Waals surface area (Å²) in [5.41, 5.74) is 3.98. The Bertz CT molecular complexity index is 1010. The van der Waals surface area contributed by atoms with Gasteiger partial charge in [0.25, 0.3) is 5.91 Å². The summed E-state index contributed by atoms with van der Waals surface area (Å²) in [6, 6.07) is 15.4. The lowest BCUT2D eigenvalue weighted by Gasteiger charge is -2.30. The number of carbonyl (C=O) groups is 1. The molecule has 1 aliphatic heterocycles. The van der Waals surface area contributed by atoms with Crippen LogP contribution in [0.25, 0.3) is 11.1 Å². The highest BCUT2D eigenvalue weighted by molar-refractivity contribution is 6.08. The molecule has 4 rings (SSSR count). The number of aryl methyl sites for hydroxylation is 2. The second kappa shape index (κ2) is 6.89. The highest BCUT2D eigenvalue weighted by atomic mass is 16.5. The van der Waals surface area contributed by atoms with E-state index in [0.29, 0.717) is 0 Å². The molecule has 144 valence electrons. The van der Waals surface area contributed by atoms with Crippen LogP contribution in [0.3, 0.4) is 0 Å². The van der Waals surface area contributed by atoms with E-state index in [1.807, 2.05) is 62.4 Å². The Balaban J connectivity index is 1.92. The number of nitrogens with zero attached hydrogens (tertiary/aromatic N) is 1. The minimum absolute atomic E-state index is 0.162. The maximum Gasteiger partial charge on any atom is 0.254 e. The van der Waals surface area contributed by atoms with E-state index >= 15 is 0 Å². The molecule has 0 spiro atoms. The third-order valence-electron chi connectivity index (χ3n) is 5.20. The summed E-state index contributed by atoms with van der Waals surface area (Å²) in [4.78, 5) is 13.2. The number of amides is 1. The molecule has 2 heterocycles. The van der Waals surface area contributed by atoms with Gasteiger partial charge in [0.1, 0.15) is 5.76 Å². The first-order valence-corrected chi connectivity index (χ1v) is 9.31. The number of fused-ring (bicyclic) bond motifs is 1. The van der Waals surface area contributed by atoms with E-state index in [1.54, 1.807) is 6.92 Å². The number of rotatable bonds is 5. The van der Waals surface area contributed by atoms with Crippen LogP contribution in [0.1, 0.15) is 29.5 Å². The largest absolute Gasteiger partial charge is 0.392 e. The van der Waals surface area contributed by atoms with E-state index in [-0.39, 0.29) is 12.5 Å². The van der Waals surface area contributed by atoms with Gasteiger partial charge in [-0.1, -0.05) is 41.6 Å². The Morgan fingerprint density at radius 3 is 2.61 bits per heavy atom. The van der Waals surface area contributed by atoms with Crippen molar-refractivity contribution in [2.45, 2.75) is 32.4 Å². The molecule has 3 aromatic rings. The first-order chi connectivity index (χ1) is 13.4. The standard InChI is InChI=1S/C22H23N3O3/c1-13(26)12-23-22(17-7-5-4-6-8-17)18-11-16(9-10-19(18)24-21(22)27)20-14(2)25-28-15(20)3/h4-11,13,23,26H,12H2,1-3H3,(H,24,27)/t13-,22?/m1/s1. The van der Waals surface area contributed by atoms with E-state index < -0.39 is 11.6 Å². The maximum absolute atomic E-state index is 13.2. The quantitative estimate of drug-likeness (QED) is 0.636. The molecule has 1 aliphatic rings. The molecule has 0 fully saturated rings. The van der Waals surface area contributed by atoms with Crippen LogP contribution in [0.4, 0.5) is 5.69 Å². The highest BCUT2D eigenvalue weighted by Crippen LogP contribution is 2.43. The van der Waals surface area contributed by atoms with Gasteiger partial charge >= 0.3 is 0 Å². The first-order valence-electron chi connectivity index (χ1n) is 9.31. The van der Waals surface area contributed by atoms with Gasteiger partial charge in [0.15, 0.2) is 5.54 Å². The zero-order valence-corrected chi connectivity index (χ0v) is 16.1. The predicted molar refractivity (Wildman–Crippen MR) is 107 cm³/mol. The van der Waals surface area contributed by atoms with E-state index in [4.69, 9.17) is 4.52 Å². The second-order valence-electron chi connectivity index (χ2n) is 7.26. The number of aromatic nitrogens is 1. The minimum Gasteiger partial charge on any atom is -0.392 e. The Kier molecular flexibility index (Phi) is 4.53. The van der Waals surface area contributed by atoms with Crippen molar-refractivity contribution >= 4 is 11.6 Å². The van der Waals surface area contributed by atoms with E-state index in [1.165, 1.54) is 0 Å². The third-order valence-corrected chi connectivity index (χ3v) is 5.20. The third kappa shape index (κ3) is 2.82. The molecule has 0 radical (unpaired) electrons.